The molecule has 0 spiro atoms. The number of anilines is 2. The number of benzene rings is 1. The second-order valence-electron chi connectivity index (χ2n) is 5.42. The van der Waals surface area contributed by atoms with E-state index in [1.54, 1.807) is 0 Å². The minimum Gasteiger partial charge on any atom is -0.370 e. The summed E-state index contributed by atoms with van der Waals surface area (Å²) < 4.78 is 27.1. The highest BCUT2D eigenvalue weighted by Gasteiger charge is 2.15. The van der Waals surface area contributed by atoms with Crippen molar-refractivity contribution < 1.29 is 13.6 Å². The lowest BCUT2D eigenvalue weighted by Gasteiger charge is -2.11. The lowest BCUT2D eigenvalue weighted by molar-refractivity contribution is 0.102. The maximum absolute atomic E-state index is 13.6. The maximum Gasteiger partial charge on any atom is 0.274 e. The van der Waals surface area contributed by atoms with E-state index < -0.39 is 23.2 Å². The molecule has 1 aromatic carbocycles. The summed E-state index contributed by atoms with van der Waals surface area (Å²) in [5.74, 6) is -1.93. The SMILES string of the molecule is CN(C)CCCNc1cc(C(=O)Nc2c(F)cccc2F)ncn1. The first-order valence-corrected chi connectivity index (χ1v) is 7.43. The Morgan fingerprint density at radius 3 is 2.58 bits per heavy atom. The first kappa shape index (κ1) is 17.7. The highest BCUT2D eigenvalue weighted by molar-refractivity contribution is 6.03. The fourth-order valence-corrected chi connectivity index (χ4v) is 1.98. The molecule has 0 saturated carbocycles. The van der Waals surface area contributed by atoms with Crippen molar-refractivity contribution in [3.63, 3.8) is 0 Å². The molecule has 24 heavy (non-hydrogen) atoms. The van der Waals surface area contributed by atoms with E-state index in [2.05, 4.69) is 25.5 Å². The first-order valence-electron chi connectivity index (χ1n) is 7.43. The first-order chi connectivity index (χ1) is 11.5. The van der Waals surface area contributed by atoms with E-state index in [4.69, 9.17) is 0 Å². The fraction of sp³-hybridized carbons (Fsp3) is 0.312. The molecule has 2 rings (SSSR count). The molecule has 0 atom stereocenters. The van der Waals surface area contributed by atoms with Gasteiger partial charge in [0.25, 0.3) is 5.91 Å². The van der Waals surface area contributed by atoms with E-state index in [1.165, 1.54) is 18.5 Å². The summed E-state index contributed by atoms with van der Waals surface area (Å²) in [5.41, 5.74) is -0.482. The van der Waals surface area contributed by atoms with Gasteiger partial charge in [0.1, 0.15) is 35.2 Å². The summed E-state index contributed by atoms with van der Waals surface area (Å²) in [4.78, 5) is 22.0. The normalized spacial score (nSPS) is 10.7. The van der Waals surface area contributed by atoms with Gasteiger partial charge in [-0.05, 0) is 39.2 Å². The number of para-hydroxylation sites is 1. The number of nitrogens with zero attached hydrogens (tertiary/aromatic N) is 3. The zero-order valence-corrected chi connectivity index (χ0v) is 13.5. The van der Waals surface area contributed by atoms with Gasteiger partial charge in [-0.2, -0.15) is 0 Å². The van der Waals surface area contributed by atoms with Crippen LogP contribution in [-0.4, -0.2) is 48.0 Å². The van der Waals surface area contributed by atoms with Gasteiger partial charge < -0.3 is 15.5 Å². The van der Waals surface area contributed by atoms with Gasteiger partial charge in [0.15, 0.2) is 0 Å². The molecule has 0 radical (unpaired) electrons. The predicted molar refractivity (Wildman–Crippen MR) is 88.0 cm³/mol. The minimum absolute atomic E-state index is 0.0164. The van der Waals surface area contributed by atoms with Gasteiger partial charge in [-0.25, -0.2) is 18.7 Å². The third kappa shape index (κ3) is 4.95. The molecule has 2 N–H and O–H groups in total. The van der Waals surface area contributed by atoms with E-state index in [1.807, 2.05) is 14.1 Å². The number of hydrogen-bond acceptors (Lipinski definition) is 5. The van der Waals surface area contributed by atoms with Crippen LogP contribution < -0.4 is 10.6 Å². The predicted octanol–water partition coefficient (Wildman–Crippen LogP) is 2.37. The van der Waals surface area contributed by atoms with Crippen molar-refractivity contribution in [3.05, 3.63) is 47.9 Å². The maximum atomic E-state index is 13.6. The van der Waals surface area contributed by atoms with E-state index in [0.29, 0.717) is 12.4 Å². The van der Waals surface area contributed by atoms with Crippen molar-refractivity contribution in [2.75, 3.05) is 37.8 Å². The smallest absolute Gasteiger partial charge is 0.274 e. The molecule has 2 aromatic rings. The highest BCUT2D eigenvalue weighted by Crippen LogP contribution is 2.18. The van der Waals surface area contributed by atoms with Crippen LogP contribution in [0.15, 0.2) is 30.6 Å². The van der Waals surface area contributed by atoms with Gasteiger partial charge in [-0.15, -0.1) is 0 Å². The molecule has 1 heterocycles. The monoisotopic (exact) mass is 335 g/mol. The van der Waals surface area contributed by atoms with Crippen LogP contribution in [0, 0.1) is 11.6 Å². The summed E-state index contributed by atoms with van der Waals surface area (Å²) in [6.45, 7) is 1.59. The van der Waals surface area contributed by atoms with Crippen molar-refractivity contribution in [1.82, 2.24) is 14.9 Å². The van der Waals surface area contributed by atoms with Crippen LogP contribution in [0.3, 0.4) is 0 Å². The number of carbonyl (C=O) groups excluding carboxylic acids is 1. The van der Waals surface area contributed by atoms with Gasteiger partial charge in [-0.3, -0.25) is 4.79 Å². The van der Waals surface area contributed by atoms with Gasteiger partial charge in [0.2, 0.25) is 0 Å². The van der Waals surface area contributed by atoms with E-state index in [0.717, 1.165) is 25.1 Å². The topological polar surface area (TPSA) is 70.2 Å². The third-order valence-corrected chi connectivity index (χ3v) is 3.19. The minimum atomic E-state index is -0.848. The molecule has 1 aromatic heterocycles. The molecule has 0 unspecified atom stereocenters. The van der Waals surface area contributed by atoms with E-state index in [9.17, 15) is 13.6 Å². The lowest BCUT2D eigenvalue weighted by atomic mass is 10.2. The molecule has 0 saturated heterocycles. The summed E-state index contributed by atoms with van der Waals surface area (Å²) in [7, 11) is 3.96. The zero-order valence-electron chi connectivity index (χ0n) is 13.5. The molecule has 8 heteroatoms. The molecule has 0 aliphatic rings. The van der Waals surface area contributed by atoms with Gasteiger partial charge >= 0.3 is 0 Å². The number of rotatable bonds is 7. The Balaban J connectivity index is 2.01. The molecular formula is C16H19F2N5O. The van der Waals surface area contributed by atoms with Gasteiger partial charge in [0, 0.05) is 12.6 Å². The number of amides is 1. The number of hydrogen-bond donors (Lipinski definition) is 2. The fourth-order valence-electron chi connectivity index (χ4n) is 1.98. The average Bonchev–Trinajstić information content (AvgIpc) is 2.55. The van der Waals surface area contributed by atoms with Crippen molar-refractivity contribution in [3.8, 4) is 0 Å². The standard InChI is InChI=1S/C16H19F2N5O/c1-23(2)8-4-7-19-14-9-13(20-10-21-14)16(24)22-15-11(17)5-3-6-12(15)18/h3,5-6,9-10H,4,7-8H2,1-2H3,(H,22,24)(H,19,20,21). The molecule has 0 bridgehead atoms. The quantitative estimate of drug-likeness (QED) is 0.760. The van der Waals surface area contributed by atoms with Gasteiger partial charge in [0.05, 0.1) is 0 Å². The molecule has 0 aliphatic carbocycles. The van der Waals surface area contributed by atoms with Crippen LogP contribution in [0.1, 0.15) is 16.9 Å². The van der Waals surface area contributed by atoms with Crippen LogP contribution >= 0.6 is 0 Å². The summed E-state index contributed by atoms with van der Waals surface area (Å²) in [6.07, 6.45) is 2.12. The Kier molecular flexibility index (Phi) is 6.14. The second kappa shape index (κ2) is 8.30. The Labute approximate surface area is 138 Å². The van der Waals surface area contributed by atoms with Crippen molar-refractivity contribution in [2.24, 2.45) is 0 Å². The van der Waals surface area contributed by atoms with Crippen molar-refractivity contribution in [1.29, 1.82) is 0 Å². The largest absolute Gasteiger partial charge is 0.370 e. The van der Waals surface area contributed by atoms with Crippen LogP contribution in [0.4, 0.5) is 20.3 Å². The van der Waals surface area contributed by atoms with Crippen LogP contribution in [0.5, 0.6) is 0 Å². The molecule has 128 valence electrons. The average molecular weight is 335 g/mol. The molecule has 1 amide bonds. The number of aromatic nitrogens is 2. The van der Waals surface area contributed by atoms with E-state index in [-0.39, 0.29) is 5.69 Å². The van der Waals surface area contributed by atoms with E-state index >= 15 is 0 Å². The number of nitrogens with one attached hydrogen (secondary N) is 2. The number of carbonyl (C=O) groups is 1. The van der Waals surface area contributed by atoms with Gasteiger partial charge in [-0.1, -0.05) is 6.07 Å². The third-order valence-electron chi connectivity index (χ3n) is 3.19. The Morgan fingerprint density at radius 1 is 1.21 bits per heavy atom. The Hall–Kier alpha value is -2.61. The van der Waals surface area contributed by atoms with Crippen LogP contribution in [0.25, 0.3) is 0 Å². The molecular weight excluding hydrogens is 316 g/mol. The number of halogens is 2. The lowest BCUT2D eigenvalue weighted by Crippen LogP contribution is -2.18. The zero-order chi connectivity index (χ0) is 17.5. The van der Waals surface area contributed by atoms with Crippen LogP contribution in [0.2, 0.25) is 0 Å². The second-order valence-corrected chi connectivity index (χ2v) is 5.42. The summed E-state index contributed by atoms with van der Waals surface area (Å²) >= 11 is 0. The van der Waals surface area contributed by atoms with Crippen molar-refractivity contribution in [2.45, 2.75) is 6.42 Å². The molecule has 0 aliphatic heterocycles. The highest BCUT2D eigenvalue weighted by atomic mass is 19.1. The van der Waals surface area contributed by atoms with Crippen LogP contribution in [-0.2, 0) is 0 Å². The van der Waals surface area contributed by atoms with Crippen molar-refractivity contribution >= 4 is 17.4 Å². The summed E-state index contributed by atoms with van der Waals surface area (Å²) in [6, 6.07) is 4.79. The Morgan fingerprint density at radius 2 is 1.92 bits per heavy atom. The summed E-state index contributed by atoms with van der Waals surface area (Å²) in [5, 5.41) is 5.27. The Bertz CT molecular complexity index is 688. The molecule has 0 fully saturated rings. The molecule has 6 nitrogen and oxygen atoms in total.